The molecule has 4 nitrogen and oxygen atoms in total. The van der Waals surface area contributed by atoms with Crippen LogP contribution in [0.4, 0.5) is 0 Å². The van der Waals surface area contributed by atoms with Gasteiger partial charge in [0, 0.05) is 19.1 Å². The Bertz CT molecular complexity index is 341. The quantitative estimate of drug-likeness (QED) is 0.739. The maximum atomic E-state index is 12.5. The number of nitriles is 1. The van der Waals surface area contributed by atoms with E-state index < -0.39 is 5.41 Å². The lowest BCUT2D eigenvalue weighted by molar-refractivity contribution is -0.144. The Hall–Kier alpha value is -1.08. The van der Waals surface area contributed by atoms with Gasteiger partial charge >= 0.3 is 0 Å². The van der Waals surface area contributed by atoms with Crippen LogP contribution in [0.5, 0.6) is 0 Å². The Labute approximate surface area is 103 Å². The second-order valence-corrected chi connectivity index (χ2v) is 5.60. The number of hydrogen-bond acceptors (Lipinski definition) is 3. The molecule has 1 unspecified atom stereocenters. The Morgan fingerprint density at radius 3 is 2.65 bits per heavy atom. The van der Waals surface area contributed by atoms with Crippen LogP contribution in [0, 0.1) is 16.7 Å². The van der Waals surface area contributed by atoms with Crippen molar-refractivity contribution >= 4 is 5.91 Å². The van der Waals surface area contributed by atoms with E-state index in [-0.39, 0.29) is 5.91 Å². The first-order valence-corrected chi connectivity index (χ1v) is 6.46. The van der Waals surface area contributed by atoms with Gasteiger partial charge in [-0.2, -0.15) is 5.26 Å². The molecule has 1 saturated carbocycles. The molecule has 0 aromatic rings. The van der Waals surface area contributed by atoms with Crippen LogP contribution < -0.4 is 0 Å². The first-order chi connectivity index (χ1) is 8.09. The smallest absolute Gasteiger partial charge is 0.243 e. The van der Waals surface area contributed by atoms with Gasteiger partial charge in [-0.1, -0.05) is 0 Å². The monoisotopic (exact) mass is 235 g/mol. The summed E-state index contributed by atoms with van der Waals surface area (Å²) in [7, 11) is 4.06. The minimum atomic E-state index is -0.672. The molecule has 0 radical (unpaired) electrons. The molecule has 2 fully saturated rings. The third kappa shape index (κ3) is 2.16. The SMILES string of the molecule is CN(C)CC1CCCN1C(=O)C1(C#N)CCC1. The Morgan fingerprint density at radius 2 is 2.18 bits per heavy atom. The number of likely N-dealkylation sites (tertiary alicyclic amines) is 1. The Morgan fingerprint density at radius 1 is 1.47 bits per heavy atom. The van der Waals surface area contributed by atoms with E-state index in [1.54, 1.807) is 0 Å². The third-order valence-electron chi connectivity index (χ3n) is 4.04. The lowest BCUT2D eigenvalue weighted by atomic mass is 9.69. The topological polar surface area (TPSA) is 47.3 Å². The number of carbonyl (C=O) groups excluding carboxylic acids is 1. The summed E-state index contributed by atoms with van der Waals surface area (Å²) >= 11 is 0. The highest BCUT2D eigenvalue weighted by Crippen LogP contribution is 2.43. The fourth-order valence-electron chi connectivity index (χ4n) is 2.89. The zero-order valence-corrected chi connectivity index (χ0v) is 10.8. The molecule has 1 saturated heterocycles. The summed E-state index contributed by atoms with van der Waals surface area (Å²) in [5.41, 5.74) is -0.672. The molecule has 0 spiro atoms. The minimum Gasteiger partial charge on any atom is -0.337 e. The number of carbonyl (C=O) groups is 1. The normalized spacial score (nSPS) is 26.7. The molecule has 17 heavy (non-hydrogen) atoms. The van der Waals surface area contributed by atoms with Gasteiger partial charge < -0.3 is 9.80 Å². The van der Waals surface area contributed by atoms with Gasteiger partial charge in [-0.05, 0) is 46.2 Å². The highest BCUT2D eigenvalue weighted by atomic mass is 16.2. The Balaban J connectivity index is 2.06. The van der Waals surface area contributed by atoms with Crippen LogP contribution in [-0.2, 0) is 4.79 Å². The van der Waals surface area contributed by atoms with Crippen molar-refractivity contribution in [3.05, 3.63) is 0 Å². The minimum absolute atomic E-state index is 0.0931. The molecule has 2 rings (SSSR count). The summed E-state index contributed by atoms with van der Waals surface area (Å²) in [4.78, 5) is 16.5. The average Bonchev–Trinajstić information content (AvgIpc) is 2.63. The third-order valence-corrected chi connectivity index (χ3v) is 4.04. The highest BCUT2D eigenvalue weighted by molar-refractivity contribution is 5.87. The van der Waals surface area contributed by atoms with E-state index in [2.05, 4.69) is 11.0 Å². The van der Waals surface area contributed by atoms with Crippen LogP contribution in [0.3, 0.4) is 0 Å². The molecule has 1 aliphatic carbocycles. The van der Waals surface area contributed by atoms with Gasteiger partial charge in [-0.25, -0.2) is 0 Å². The van der Waals surface area contributed by atoms with Gasteiger partial charge in [0.05, 0.1) is 6.07 Å². The van der Waals surface area contributed by atoms with Crippen LogP contribution in [0.15, 0.2) is 0 Å². The van der Waals surface area contributed by atoms with E-state index in [1.165, 1.54) is 0 Å². The van der Waals surface area contributed by atoms with E-state index in [0.29, 0.717) is 6.04 Å². The van der Waals surface area contributed by atoms with Crippen LogP contribution >= 0.6 is 0 Å². The molecule has 0 N–H and O–H groups in total. The second-order valence-electron chi connectivity index (χ2n) is 5.60. The van der Waals surface area contributed by atoms with Crippen LogP contribution in [0.1, 0.15) is 32.1 Å². The van der Waals surface area contributed by atoms with Crippen LogP contribution in [-0.4, -0.2) is 48.9 Å². The van der Waals surface area contributed by atoms with Crippen molar-refractivity contribution < 1.29 is 4.79 Å². The molecule has 94 valence electrons. The standard InChI is InChI=1S/C13H21N3O/c1-15(2)9-11-5-3-8-16(11)12(17)13(10-14)6-4-7-13/h11H,3-9H2,1-2H3. The molecule has 4 heteroatoms. The Kier molecular flexibility index (Phi) is 3.39. The van der Waals surface area contributed by atoms with E-state index in [0.717, 1.165) is 45.2 Å². The first kappa shape index (κ1) is 12.4. The maximum Gasteiger partial charge on any atom is 0.243 e. The molecule has 1 heterocycles. The largest absolute Gasteiger partial charge is 0.337 e. The maximum absolute atomic E-state index is 12.5. The second kappa shape index (κ2) is 4.66. The predicted octanol–water partition coefficient (Wildman–Crippen LogP) is 1.23. The summed E-state index contributed by atoms with van der Waals surface area (Å²) in [6.07, 6.45) is 4.68. The lowest BCUT2D eigenvalue weighted by Crippen LogP contribution is -2.50. The van der Waals surface area contributed by atoms with Crippen molar-refractivity contribution in [1.82, 2.24) is 9.80 Å². The number of rotatable bonds is 3. The van der Waals surface area contributed by atoms with Crippen molar-refractivity contribution in [1.29, 1.82) is 5.26 Å². The van der Waals surface area contributed by atoms with E-state index in [9.17, 15) is 10.1 Å². The van der Waals surface area contributed by atoms with E-state index in [1.807, 2.05) is 19.0 Å². The molecule has 0 bridgehead atoms. The molecule has 0 aromatic carbocycles. The van der Waals surface area contributed by atoms with E-state index in [4.69, 9.17) is 0 Å². The van der Waals surface area contributed by atoms with Crippen molar-refractivity contribution in [3.8, 4) is 6.07 Å². The average molecular weight is 235 g/mol. The van der Waals surface area contributed by atoms with Crippen LogP contribution in [0.25, 0.3) is 0 Å². The molecular weight excluding hydrogens is 214 g/mol. The molecule has 1 amide bonds. The molecule has 1 aliphatic heterocycles. The van der Waals surface area contributed by atoms with Gasteiger partial charge in [0.2, 0.25) is 5.91 Å². The van der Waals surface area contributed by atoms with Crippen molar-refractivity contribution in [2.75, 3.05) is 27.2 Å². The summed E-state index contributed by atoms with van der Waals surface area (Å²) in [5, 5.41) is 9.23. The van der Waals surface area contributed by atoms with Crippen molar-refractivity contribution in [2.45, 2.75) is 38.1 Å². The van der Waals surface area contributed by atoms with Gasteiger partial charge in [0.15, 0.2) is 0 Å². The zero-order valence-electron chi connectivity index (χ0n) is 10.8. The highest BCUT2D eigenvalue weighted by Gasteiger charge is 2.48. The summed E-state index contributed by atoms with van der Waals surface area (Å²) in [6.45, 7) is 1.74. The van der Waals surface area contributed by atoms with Gasteiger partial charge in [-0.15, -0.1) is 0 Å². The number of likely N-dealkylation sites (N-methyl/N-ethyl adjacent to an activating group) is 1. The fraction of sp³-hybridized carbons (Fsp3) is 0.846. The molecule has 0 aromatic heterocycles. The van der Waals surface area contributed by atoms with Crippen LogP contribution in [0.2, 0.25) is 0 Å². The molecule has 2 aliphatic rings. The van der Waals surface area contributed by atoms with Crippen molar-refractivity contribution in [2.24, 2.45) is 5.41 Å². The fourth-order valence-corrected chi connectivity index (χ4v) is 2.89. The van der Waals surface area contributed by atoms with Crippen molar-refractivity contribution in [3.63, 3.8) is 0 Å². The van der Waals surface area contributed by atoms with E-state index >= 15 is 0 Å². The van der Waals surface area contributed by atoms with Gasteiger partial charge in [0.25, 0.3) is 0 Å². The predicted molar refractivity (Wildman–Crippen MR) is 65.2 cm³/mol. The lowest BCUT2D eigenvalue weighted by Gasteiger charge is -2.39. The van der Waals surface area contributed by atoms with Gasteiger partial charge in [-0.3, -0.25) is 4.79 Å². The number of hydrogen-bond donors (Lipinski definition) is 0. The zero-order chi connectivity index (χ0) is 12.5. The number of amides is 1. The summed E-state index contributed by atoms with van der Waals surface area (Å²) in [5.74, 6) is 0.0931. The summed E-state index contributed by atoms with van der Waals surface area (Å²) < 4.78 is 0. The number of nitrogens with zero attached hydrogens (tertiary/aromatic N) is 3. The first-order valence-electron chi connectivity index (χ1n) is 6.46. The van der Waals surface area contributed by atoms with Gasteiger partial charge in [0.1, 0.15) is 5.41 Å². The summed E-state index contributed by atoms with van der Waals surface area (Å²) in [6, 6.07) is 2.57. The molecular formula is C13H21N3O. The molecule has 1 atom stereocenters.